The van der Waals surface area contributed by atoms with E-state index in [2.05, 4.69) is 21.0 Å². The lowest BCUT2D eigenvalue weighted by Gasteiger charge is -2.31. The van der Waals surface area contributed by atoms with E-state index in [1.165, 1.54) is 0 Å². The van der Waals surface area contributed by atoms with Gasteiger partial charge in [-0.1, -0.05) is 15.9 Å². The molecule has 0 aliphatic carbocycles. The molecular formula is C10H14BrN3O2. The van der Waals surface area contributed by atoms with Crippen molar-refractivity contribution >= 4 is 21.8 Å². The van der Waals surface area contributed by atoms with Crippen LogP contribution < -0.4 is 0 Å². The van der Waals surface area contributed by atoms with E-state index in [4.69, 9.17) is 4.74 Å². The van der Waals surface area contributed by atoms with Crippen molar-refractivity contribution in [2.24, 2.45) is 7.05 Å². The largest absolute Gasteiger partial charge is 0.374 e. The van der Waals surface area contributed by atoms with E-state index < -0.39 is 0 Å². The molecule has 2 rings (SSSR count). The molecule has 6 heteroatoms. The summed E-state index contributed by atoms with van der Waals surface area (Å²) in [6.45, 7) is 1.86. The van der Waals surface area contributed by atoms with E-state index in [1.807, 2.05) is 0 Å². The second-order valence-corrected chi connectivity index (χ2v) is 4.42. The zero-order valence-electron chi connectivity index (χ0n) is 9.10. The van der Waals surface area contributed by atoms with Gasteiger partial charge in [-0.05, 0) is 6.07 Å². The second kappa shape index (κ2) is 4.97. The summed E-state index contributed by atoms with van der Waals surface area (Å²) in [7, 11) is 1.80. The third kappa shape index (κ3) is 2.44. The van der Waals surface area contributed by atoms with Crippen LogP contribution in [0.15, 0.2) is 12.3 Å². The summed E-state index contributed by atoms with van der Waals surface area (Å²) in [4.78, 5) is 13.8. The topological polar surface area (TPSA) is 47.4 Å². The summed E-state index contributed by atoms with van der Waals surface area (Å²) in [5, 5.41) is 4.86. The number of aromatic nitrogens is 2. The number of morpholine rings is 1. The molecule has 0 saturated carbocycles. The normalized spacial score (nSPS) is 21.1. The minimum atomic E-state index is -0.0187. The van der Waals surface area contributed by atoms with Crippen LogP contribution in [0.3, 0.4) is 0 Å². The lowest BCUT2D eigenvalue weighted by atomic mass is 10.2. The SMILES string of the molecule is Cn1ccc(C(=O)N2CCOC(CBr)C2)n1. The summed E-state index contributed by atoms with van der Waals surface area (Å²) < 4.78 is 7.12. The summed E-state index contributed by atoms with van der Waals surface area (Å²) >= 11 is 3.37. The molecule has 1 aliphatic heterocycles. The molecule has 5 nitrogen and oxygen atoms in total. The first-order chi connectivity index (χ1) is 7.70. The van der Waals surface area contributed by atoms with Crippen LogP contribution in [-0.4, -0.2) is 51.7 Å². The van der Waals surface area contributed by atoms with Gasteiger partial charge in [0.2, 0.25) is 0 Å². The number of carbonyl (C=O) groups excluding carboxylic acids is 1. The Morgan fingerprint density at radius 3 is 3.19 bits per heavy atom. The average molecular weight is 288 g/mol. The van der Waals surface area contributed by atoms with Gasteiger partial charge in [0.1, 0.15) is 5.69 Å². The van der Waals surface area contributed by atoms with Crippen molar-refractivity contribution in [1.82, 2.24) is 14.7 Å². The highest BCUT2D eigenvalue weighted by Gasteiger charge is 2.25. The molecule has 1 aromatic rings. The molecule has 1 aliphatic rings. The Balaban J connectivity index is 2.04. The molecule has 1 aromatic heterocycles. The van der Waals surface area contributed by atoms with Gasteiger partial charge in [-0.25, -0.2) is 0 Å². The molecule has 1 unspecified atom stereocenters. The van der Waals surface area contributed by atoms with Gasteiger partial charge in [0.05, 0.1) is 12.7 Å². The predicted octanol–water partition coefficient (Wildman–Crippen LogP) is 0.656. The first-order valence-electron chi connectivity index (χ1n) is 5.17. The zero-order chi connectivity index (χ0) is 11.5. The van der Waals surface area contributed by atoms with Crippen molar-refractivity contribution < 1.29 is 9.53 Å². The quantitative estimate of drug-likeness (QED) is 0.751. The molecule has 0 bridgehead atoms. The van der Waals surface area contributed by atoms with Crippen LogP contribution in [-0.2, 0) is 11.8 Å². The Morgan fingerprint density at radius 2 is 2.56 bits per heavy atom. The Kier molecular flexibility index (Phi) is 3.60. The van der Waals surface area contributed by atoms with Gasteiger partial charge in [0, 0.05) is 31.7 Å². The summed E-state index contributed by atoms with van der Waals surface area (Å²) in [5.74, 6) is -0.0187. The molecular weight excluding hydrogens is 274 g/mol. The van der Waals surface area contributed by atoms with Crippen LogP contribution in [0.2, 0.25) is 0 Å². The Hall–Kier alpha value is -0.880. The molecule has 1 amide bonds. The van der Waals surface area contributed by atoms with Crippen molar-refractivity contribution in [3.05, 3.63) is 18.0 Å². The van der Waals surface area contributed by atoms with Gasteiger partial charge < -0.3 is 9.64 Å². The molecule has 0 radical (unpaired) electrons. The monoisotopic (exact) mass is 287 g/mol. The van der Waals surface area contributed by atoms with E-state index >= 15 is 0 Å². The van der Waals surface area contributed by atoms with Crippen LogP contribution in [0.25, 0.3) is 0 Å². The summed E-state index contributed by atoms with van der Waals surface area (Å²) in [6.07, 6.45) is 1.86. The van der Waals surface area contributed by atoms with Crippen LogP contribution in [0.4, 0.5) is 0 Å². The number of nitrogens with zero attached hydrogens (tertiary/aromatic N) is 3. The standard InChI is InChI=1S/C10H14BrN3O2/c1-13-3-2-9(12-13)10(15)14-4-5-16-8(6-11)7-14/h2-3,8H,4-7H2,1H3. The number of amides is 1. The number of carbonyl (C=O) groups is 1. The Bertz CT molecular complexity index is 380. The summed E-state index contributed by atoms with van der Waals surface area (Å²) in [6, 6.07) is 1.74. The Labute approximate surface area is 102 Å². The molecule has 1 atom stereocenters. The fraction of sp³-hybridized carbons (Fsp3) is 0.600. The first kappa shape index (κ1) is 11.6. The van der Waals surface area contributed by atoms with E-state index in [-0.39, 0.29) is 12.0 Å². The van der Waals surface area contributed by atoms with Crippen LogP contribution >= 0.6 is 15.9 Å². The van der Waals surface area contributed by atoms with Crippen molar-refractivity contribution in [2.75, 3.05) is 25.0 Å². The van der Waals surface area contributed by atoms with Gasteiger partial charge in [0.25, 0.3) is 5.91 Å². The minimum absolute atomic E-state index is 0.0187. The Morgan fingerprint density at radius 1 is 1.75 bits per heavy atom. The van der Waals surface area contributed by atoms with Gasteiger partial charge in [-0.15, -0.1) is 0 Å². The average Bonchev–Trinajstić information content (AvgIpc) is 2.75. The first-order valence-corrected chi connectivity index (χ1v) is 6.29. The fourth-order valence-corrected chi connectivity index (χ4v) is 2.08. The maximum atomic E-state index is 12.1. The maximum Gasteiger partial charge on any atom is 0.274 e. The second-order valence-electron chi connectivity index (χ2n) is 3.77. The zero-order valence-corrected chi connectivity index (χ0v) is 10.7. The number of hydrogen-bond acceptors (Lipinski definition) is 3. The summed E-state index contributed by atoms with van der Waals surface area (Å²) in [5.41, 5.74) is 0.498. The maximum absolute atomic E-state index is 12.1. The molecule has 0 aromatic carbocycles. The van der Waals surface area contributed by atoms with Crippen molar-refractivity contribution in [3.63, 3.8) is 0 Å². The lowest BCUT2D eigenvalue weighted by Crippen LogP contribution is -2.46. The van der Waals surface area contributed by atoms with Gasteiger partial charge >= 0.3 is 0 Å². The third-order valence-electron chi connectivity index (χ3n) is 2.53. The molecule has 0 spiro atoms. The van der Waals surface area contributed by atoms with E-state index in [0.717, 1.165) is 5.33 Å². The molecule has 16 heavy (non-hydrogen) atoms. The highest BCUT2D eigenvalue weighted by molar-refractivity contribution is 9.09. The molecule has 88 valence electrons. The number of halogens is 1. The minimum Gasteiger partial charge on any atom is -0.374 e. The third-order valence-corrected chi connectivity index (χ3v) is 3.25. The van der Waals surface area contributed by atoms with Gasteiger partial charge in [-0.3, -0.25) is 9.48 Å². The van der Waals surface area contributed by atoms with Crippen molar-refractivity contribution in [1.29, 1.82) is 0 Å². The number of alkyl halides is 1. The smallest absolute Gasteiger partial charge is 0.274 e. The van der Waals surface area contributed by atoms with E-state index in [9.17, 15) is 4.79 Å². The van der Waals surface area contributed by atoms with Gasteiger partial charge in [-0.2, -0.15) is 5.10 Å². The van der Waals surface area contributed by atoms with Crippen molar-refractivity contribution in [3.8, 4) is 0 Å². The van der Waals surface area contributed by atoms with Gasteiger partial charge in [0.15, 0.2) is 0 Å². The number of ether oxygens (including phenoxy) is 1. The number of rotatable bonds is 2. The molecule has 0 N–H and O–H groups in total. The fourth-order valence-electron chi connectivity index (χ4n) is 1.69. The molecule has 1 saturated heterocycles. The van der Waals surface area contributed by atoms with Crippen LogP contribution in [0.1, 0.15) is 10.5 Å². The van der Waals surface area contributed by atoms with E-state index in [1.54, 1.807) is 28.9 Å². The van der Waals surface area contributed by atoms with Crippen LogP contribution in [0, 0.1) is 0 Å². The highest BCUT2D eigenvalue weighted by atomic mass is 79.9. The highest BCUT2D eigenvalue weighted by Crippen LogP contribution is 2.10. The van der Waals surface area contributed by atoms with Crippen LogP contribution in [0.5, 0.6) is 0 Å². The predicted molar refractivity (Wildman–Crippen MR) is 62.6 cm³/mol. The van der Waals surface area contributed by atoms with Crippen molar-refractivity contribution in [2.45, 2.75) is 6.10 Å². The lowest BCUT2D eigenvalue weighted by molar-refractivity contribution is -0.00989. The molecule has 1 fully saturated rings. The molecule has 2 heterocycles. The number of aryl methyl sites for hydroxylation is 1. The van der Waals surface area contributed by atoms with E-state index in [0.29, 0.717) is 25.4 Å². The number of hydrogen-bond donors (Lipinski definition) is 0.